The van der Waals surface area contributed by atoms with Gasteiger partial charge >= 0.3 is 0 Å². The zero-order chi connectivity index (χ0) is 20.5. The Morgan fingerprint density at radius 3 is 3.00 bits per heavy atom. The summed E-state index contributed by atoms with van der Waals surface area (Å²) < 4.78 is 2.83. The standard InChI is InChI=1S/C21H21N7OS/c1-14-25-17-10-16(5-6-18(17)30-14)26-21(29)15-4-2-8-27(12-15)19-11-20(23-13-22-19)28-9-3-7-24-28/h3,5-7,9-11,13,15H,2,4,8,12H2,1H3,(H,26,29)/t15-/m0/s1. The van der Waals surface area contributed by atoms with Crippen LogP contribution in [0.5, 0.6) is 0 Å². The van der Waals surface area contributed by atoms with Crippen molar-refractivity contribution in [1.29, 1.82) is 0 Å². The second-order valence-electron chi connectivity index (χ2n) is 7.37. The zero-order valence-corrected chi connectivity index (χ0v) is 17.3. The van der Waals surface area contributed by atoms with Gasteiger partial charge in [-0.1, -0.05) is 0 Å². The second-order valence-corrected chi connectivity index (χ2v) is 8.61. The van der Waals surface area contributed by atoms with Crippen LogP contribution in [0.4, 0.5) is 11.5 Å². The molecular formula is C21H21N7OS. The maximum absolute atomic E-state index is 12.9. The molecule has 0 unspecified atom stereocenters. The number of hydrogen-bond acceptors (Lipinski definition) is 7. The van der Waals surface area contributed by atoms with E-state index in [2.05, 4.69) is 30.3 Å². The molecule has 8 nitrogen and oxygen atoms in total. The number of nitrogens with zero attached hydrogens (tertiary/aromatic N) is 6. The van der Waals surface area contributed by atoms with Crippen LogP contribution in [-0.4, -0.2) is 43.7 Å². The fraction of sp³-hybridized carbons (Fsp3) is 0.286. The van der Waals surface area contributed by atoms with Gasteiger partial charge in [-0.25, -0.2) is 19.6 Å². The lowest BCUT2D eigenvalue weighted by Gasteiger charge is -2.32. The number of carbonyl (C=O) groups excluding carboxylic acids is 1. The lowest BCUT2D eigenvalue weighted by atomic mass is 9.97. The van der Waals surface area contributed by atoms with E-state index in [1.54, 1.807) is 28.5 Å². The molecule has 1 N–H and O–H groups in total. The van der Waals surface area contributed by atoms with Gasteiger partial charge in [-0.05, 0) is 44.0 Å². The van der Waals surface area contributed by atoms with E-state index in [9.17, 15) is 4.79 Å². The minimum absolute atomic E-state index is 0.0346. The molecule has 1 saturated heterocycles. The molecule has 1 atom stereocenters. The van der Waals surface area contributed by atoms with Crippen LogP contribution in [0.15, 0.2) is 49.1 Å². The third-order valence-electron chi connectivity index (χ3n) is 5.26. The summed E-state index contributed by atoms with van der Waals surface area (Å²) in [6.07, 6.45) is 6.90. The number of piperidine rings is 1. The summed E-state index contributed by atoms with van der Waals surface area (Å²) in [5, 5.41) is 8.32. The Hall–Kier alpha value is -3.33. The highest BCUT2D eigenvalue weighted by molar-refractivity contribution is 7.18. The summed E-state index contributed by atoms with van der Waals surface area (Å²) >= 11 is 1.66. The van der Waals surface area contributed by atoms with Gasteiger partial charge < -0.3 is 10.2 Å². The van der Waals surface area contributed by atoms with Crippen molar-refractivity contribution >= 4 is 39.0 Å². The molecule has 0 radical (unpaired) electrons. The van der Waals surface area contributed by atoms with Crippen LogP contribution >= 0.6 is 11.3 Å². The largest absolute Gasteiger partial charge is 0.356 e. The Morgan fingerprint density at radius 1 is 1.23 bits per heavy atom. The molecule has 1 fully saturated rings. The number of carbonyl (C=O) groups is 1. The third-order valence-corrected chi connectivity index (χ3v) is 6.21. The third kappa shape index (κ3) is 3.76. The van der Waals surface area contributed by atoms with Gasteiger partial charge in [0.2, 0.25) is 5.91 Å². The summed E-state index contributed by atoms with van der Waals surface area (Å²) in [5.41, 5.74) is 1.71. The Balaban J connectivity index is 1.30. The van der Waals surface area contributed by atoms with Crippen molar-refractivity contribution in [3.05, 3.63) is 54.1 Å². The molecule has 1 aromatic carbocycles. The SMILES string of the molecule is Cc1nc2cc(NC(=O)[C@H]3CCCN(c4cc(-n5cccn5)ncn4)C3)ccc2s1. The molecule has 152 valence electrons. The predicted octanol–water partition coefficient (Wildman–Crippen LogP) is 3.44. The monoisotopic (exact) mass is 419 g/mol. The van der Waals surface area contributed by atoms with Crippen LogP contribution in [0, 0.1) is 12.8 Å². The summed E-state index contributed by atoms with van der Waals surface area (Å²) in [4.78, 5) is 28.3. The molecule has 1 aliphatic heterocycles. The van der Waals surface area contributed by atoms with E-state index in [0.29, 0.717) is 12.4 Å². The van der Waals surface area contributed by atoms with Gasteiger partial charge in [-0.2, -0.15) is 5.10 Å². The summed E-state index contributed by atoms with van der Waals surface area (Å²) in [5.74, 6) is 1.46. The molecule has 4 heterocycles. The van der Waals surface area contributed by atoms with Crippen LogP contribution in [0.1, 0.15) is 17.8 Å². The molecule has 9 heteroatoms. The number of anilines is 2. The zero-order valence-electron chi connectivity index (χ0n) is 16.5. The predicted molar refractivity (Wildman–Crippen MR) is 117 cm³/mol. The fourth-order valence-electron chi connectivity index (χ4n) is 3.80. The van der Waals surface area contributed by atoms with E-state index in [0.717, 1.165) is 46.1 Å². The van der Waals surface area contributed by atoms with Crippen LogP contribution in [0.2, 0.25) is 0 Å². The minimum atomic E-state index is -0.102. The van der Waals surface area contributed by atoms with Crippen molar-refractivity contribution in [2.45, 2.75) is 19.8 Å². The molecule has 3 aromatic heterocycles. The number of benzene rings is 1. The Kier molecular flexibility index (Phi) is 4.88. The highest BCUT2D eigenvalue weighted by atomic mass is 32.1. The number of nitrogens with one attached hydrogen (secondary N) is 1. The van der Waals surface area contributed by atoms with Crippen molar-refractivity contribution in [3.63, 3.8) is 0 Å². The molecule has 4 aromatic rings. The lowest BCUT2D eigenvalue weighted by molar-refractivity contribution is -0.120. The quantitative estimate of drug-likeness (QED) is 0.545. The van der Waals surface area contributed by atoms with Gasteiger partial charge in [0.15, 0.2) is 5.82 Å². The van der Waals surface area contributed by atoms with Gasteiger partial charge in [0.05, 0.1) is 21.1 Å². The molecule has 0 bridgehead atoms. The first-order valence-electron chi connectivity index (χ1n) is 9.91. The number of aromatic nitrogens is 5. The normalized spacial score (nSPS) is 16.7. The van der Waals surface area contributed by atoms with Gasteiger partial charge in [0.25, 0.3) is 0 Å². The van der Waals surface area contributed by atoms with Crippen molar-refractivity contribution in [1.82, 2.24) is 24.7 Å². The number of fused-ring (bicyclic) bond motifs is 1. The van der Waals surface area contributed by atoms with Crippen molar-refractivity contribution in [3.8, 4) is 5.82 Å². The summed E-state index contributed by atoms with van der Waals surface area (Å²) in [6, 6.07) is 9.66. The van der Waals surface area contributed by atoms with E-state index in [4.69, 9.17) is 0 Å². The van der Waals surface area contributed by atoms with E-state index in [1.165, 1.54) is 0 Å². The molecule has 0 spiro atoms. The van der Waals surface area contributed by atoms with E-state index < -0.39 is 0 Å². The summed E-state index contributed by atoms with van der Waals surface area (Å²) in [7, 11) is 0. The van der Waals surface area contributed by atoms with Gasteiger partial charge in [-0.3, -0.25) is 4.79 Å². The van der Waals surface area contributed by atoms with Crippen LogP contribution < -0.4 is 10.2 Å². The van der Waals surface area contributed by atoms with E-state index in [-0.39, 0.29) is 11.8 Å². The molecule has 1 amide bonds. The number of hydrogen-bond donors (Lipinski definition) is 1. The van der Waals surface area contributed by atoms with Gasteiger partial charge in [0, 0.05) is 37.2 Å². The molecule has 0 saturated carbocycles. The smallest absolute Gasteiger partial charge is 0.229 e. The minimum Gasteiger partial charge on any atom is -0.356 e. The van der Waals surface area contributed by atoms with E-state index >= 15 is 0 Å². The van der Waals surface area contributed by atoms with Gasteiger partial charge in [-0.15, -0.1) is 11.3 Å². The van der Waals surface area contributed by atoms with Crippen molar-refractivity contribution in [2.75, 3.05) is 23.3 Å². The highest BCUT2D eigenvalue weighted by Crippen LogP contribution is 2.26. The van der Waals surface area contributed by atoms with E-state index in [1.807, 2.05) is 43.5 Å². The number of thiazole rings is 1. The van der Waals surface area contributed by atoms with Crippen molar-refractivity contribution < 1.29 is 4.79 Å². The Labute approximate surface area is 177 Å². The van der Waals surface area contributed by atoms with Crippen LogP contribution in [-0.2, 0) is 4.79 Å². The Morgan fingerprint density at radius 2 is 2.13 bits per heavy atom. The molecule has 30 heavy (non-hydrogen) atoms. The average molecular weight is 420 g/mol. The summed E-state index contributed by atoms with van der Waals surface area (Å²) in [6.45, 7) is 3.48. The fourth-order valence-corrected chi connectivity index (χ4v) is 4.61. The maximum atomic E-state index is 12.9. The Bertz CT molecular complexity index is 1190. The highest BCUT2D eigenvalue weighted by Gasteiger charge is 2.27. The average Bonchev–Trinajstić information content (AvgIpc) is 3.43. The van der Waals surface area contributed by atoms with Crippen molar-refractivity contribution in [2.24, 2.45) is 5.92 Å². The second kappa shape index (κ2) is 7.83. The molecule has 1 aliphatic rings. The topological polar surface area (TPSA) is 88.8 Å². The first-order chi connectivity index (χ1) is 14.7. The van der Waals surface area contributed by atoms with Crippen LogP contribution in [0.3, 0.4) is 0 Å². The first-order valence-corrected chi connectivity index (χ1v) is 10.7. The lowest BCUT2D eigenvalue weighted by Crippen LogP contribution is -2.41. The maximum Gasteiger partial charge on any atom is 0.229 e. The first kappa shape index (κ1) is 18.7. The molecule has 5 rings (SSSR count). The molecular weight excluding hydrogens is 398 g/mol. The number of rotatable bonds is 4. The van der Waals surface area contributed by atoms with Crippen LogP contribution in [0.25, 0.3) is 16.0 Å². The molecule has 0 aliphatic carbocycles. The number of aryl methyl sites for hydroxylation is 1. The number of amides is 1. The van der Waals surface area contributed by atoms with Gasteiger partial charge in [0.1, 0.15) is 12.1 Å².